The Hall–Kier alpha value is -2.70. The summed E-state index contributed by atoms with van der Waals surface area (Å²) < 4.78 is 5.00. The second-order valence-corrected chi connectivity index (χ2v) is 5.66. The highest BCUT2D eigenvalue weighted by Crippen LogP contribution is 2.16. The molecule has 1 N–H and O–H groups in total. The Bertz CT molecular complexity index is 736. The highest BCUT2D eigenvalue weighted by Gasteiger charge is 2.25. The fraction of sp³-hybridized carbons (Fsp3) is 0.412. The summed E-state index contributed by atoms with van der Waals surface area (Å²) in [6.45, 7) is 3.33. The Morgan fingerprint density at radius 1 is 1.25 bits per heavy atom. The summed E-state index contributed by atoms with van der Waals surface area (Å²) in [6, 6.07) is 5.42. The highest BCUT2D eigenvalue weighted by molar-refractivity contribution is 6.04. The van der Waals surface area contributed by atoms with Crippen molar-refractivity contribution >= 4 is 23.0 Å². The third-order valence-corrected chi connectivity index (χ3v) is 4.10. The van der Waals surface area contributed by atoms with Crippen LogP contribution in [0.2, 0.25) is 0 Å². The van der Waals surface area contributed by atoms with Crippen LogP contribution in [0.3, 0.4) is 0 Å². The van der Waals surface area contributed by atoms with Crippen molar-refractivity contribution in [2.75, 3.05) is 19.7 Å². The van der Waals surface area contributed by atoms with E-state index >= 15 is 0 Å². The number of amides is 2. The first-order valence-corrected chi connectivity index (χ1v) is 8.11. The Kier molecular flexibility index (Phi) is 4.88. The van der Waals surface area contributed by atoms with Gasteiger partial charge in [-0.1, -0.05) is 6.07 Å². The molecule has 0 aliphatic carbocycles. The minimum atomic E-state index is -0.286. The lowest BCUT2D eigenvalue weighted by atomic mass is 10.0. The second kappa shape index (κ2) is 7.25. The minimum Gasteiger partial charge on any atom is -0.450 e. The fourth-order valence-electron chi connectivity index (χ4n) is 2.86. The maximum atomic E-state index is 12.6. The Balaban J connectivity index is 1.63. The van der Waals surface area contributed by atoms with Gasteiger partial charge in [0.15, 0.2) is 0 Å². The molecule has 24 heavy (non-hydrogen) atoms. The molecular formula is C17H20N4O3. The lowest BCUT2D eigenvalue weighted by Gasteiger charge is -2.31. The normalized spacial score (nSPS) is 15.3. The zero-order valence-electron chi connectivity index (χ0n) is 13.6. The van der Waals surface area contributed by atoms with Gasteiger partial charge in [-0.05, 0) is 31.9 Å². The van der Waals surface area contributed by atoms with Crippen molar-refractivity contribution in [2.24, 2.45) is 0 Å². The molecule has 0 unspecified atom stereocenters. The number of hydrogen-bond acceptors (Lipinski definition) is 5. The fourth-order valence-corrected chi connectivity index (χ4v) is 2.86. The van der Waals surface area contributed by atoms with Gasteiger partial charge in [0.05, 0.1) is 17.7 Å². The zero-order chi connectivity index (χ0) is 16.9. The maximum absolute atomic E-state index is 12.6. The standard InChI is InChI=1S/C17H20N4O3/c1-2-24-17(23)21-10-6-12(7-11-21)20-16(22)13-4-3-5-14-15(13)19-9-8-18-14/h3-5,8-9,12H,2,6-7,10-11H2,1H3,(H,20,22). The van der Waals surface area contributed by atoms with Gasteiger partial charge >= 0.3 is 6.09 Å². The lowest BCUT2D eigenvalue weighted by molar-refractivity contribution is 0.0861. The van der Waals surface area contributed by atoms with Crippen LogP contribution >= 0.6 is 0 Å². The molecule has 0 radical (unpaired) electrons. The molecule has 2 amide bonds. The van der Waals surface area contributed by atoms with Crippen LogP contribution in [-0.4, -0.2) is 52.6 Å². The number of benzene rings is 1. The molecule has 0 spiro atoms. The first-order valence-electron chi connectivity index (χ1n) is 8.11. The van der Waals surface area contributed by atoms with Crippen molar-refractivity contribution in [3.63, 3.8) is 0 Å². The molecule has 2 aromatic rings. The Labute approximate surface area is 140 Å². The molecule has 0 atom stereocenters. The van der Waals surface area contributed by atoms with E-state index in [9.17, 15) is 9.59 Å². The summed E-state index contributed by atoms with van der Waals surface area (Å²) in [5.74, 6) is -0.157. The largest absolute Gasteiger partial charge is 0.450 e. The number of rotatable bonds is 3. The van der Waals surface area contributed by atoms with Gasteiger partial charge in [0.2, 0.25) is 0 Å². The number of para-hydroxylation sites is 1. The lowest BCUT2D eigenvalue weighted by Crippen LogP contribution is -2.46. The van der Waals surface area contributed by atoms with Crippen LogP contribution in [0.15, 0.2) is 30.6 Å². The SMILES string of the molecule is CCOC(=O)N1CCC(NC(=O)c2cccc3nccnc23)CC1. The first-order chi connectivity index (χ1) is 11.7. The van der Waals surface area contributed by atoms with Gasteiger partial charge in [-0.25, -0.2) is 4.79 Å². The number of piperidine rings is 1. The van der Waals surface area contributed by atoms with Crippen molar-refractivity contribution < 1.29 is 14.3 Å². The minimum absolute atomic E-state index is 0.0371. The molecule has 1 saturated heterocycles. The molecule has 126 valence electrons. The van der Waals surface area contributed by atoms with Crippen molar-refractivity contribution in [1.82, 2.24) is 20.2 Å². The molecular weight excluding hydrogens is 308 g/mol. The van der Waals surface area contributed by atoms with E-state index in [-0.39, 0.29) is 18.0 Å². The van der Waals surface area contributed by atoms with Gasteiger partial charge in [-0.2, -0.15) is 0 Å². The molecule has 7 heteroatoms. The van der Waals surface area contributed by atoms with E-state index in [1.807, 2.05) is 6.07 Å². The number of ether oxygens (including phenoxy) is 1. The summed E-state index contributed by atoms with van der Waals surface area (Å²) in [7, 11) is 0. The first kappa shape index (κ1) is 16.2. The van der Waals surface area contributed by atoms with Gasteiger partial charge in [0.25, 0.3) is 5.91 Å². The molecule has 3 rings (SSSR count). The molecule has 1 aromatic carbocycles. The van der Waals surface area contributed by atoms with E-state index in [0.717, 1.165) is 0 Å². The number of likely N-dealkylation sites (tertiary alicyclic amines) is 1. The van der Waals surface area contributed by atoms with Crippen LogP contribution in [-0.2, 0) is 4.74 Å². The molecule has 1 fully saturated rings. The van der Waals surface area contributed by atoms with Gasteiger partial charge in [0.1, 0.15) is 5.52 Å². The molecule has 2 heterocycles. The van der Waals surface area contributed by atoms with E-state index in [1.54, 1.807) is 36.4 Å². The number of hydrogen-bond donors (Lipinski definition) is 1. The van der Waals surface area contributed by atoms with E-state index in [4.69, 9.17) is 4.74 Å². The summed E-state index contributed by atoms with van der Waals surface area (Å²) in [5, 5.41) is 3.03. The summed E-state index contributed by atoms with van der Waals surface area (Å²) in [5.41, 5.74) is 1.82. The van der Waals surface area contributed by atoms with Crippen LogP contribution < -0.4 is 5.32 Å². The monoisotopic (exact) mass is 328 g/mol. The van der Waals surface area contributed by atoms with Gasteiger partial charge in [-0.15, -0.1) is 0 Å². The quantitative estimate of drug-likeness (QED) is 0.931. The third kappa shape index (κ3) is 3.45. The number of carbonyl (C=O) groups is 2. The smallest absolute Gasteiger partial charge is 0.409 e. The van der Waals surface area contributed by atoms with Crippen LogP contribution in [0.25, 0.3) is 11.0 Å². The van der Waals surface area contributed by atoms with E-state index in [0.29, 0.717) is 49.1 Å². The summed E-state index contributed by atoms with van der Waals surface area (Å²) in [6.07, 6.45) is 4.32. The van der Waals surface area contributed by atoms with Crippen LogP contribution in [0.4, 0.5) is 4.79 Å². The Morgan fingerprint density at radius 2 is 2.00 bits per heavy atom. The zero-order valence-corrected chi connectivity index (χ0v) is 13.6. The maximum Gasteiger partial charge on any atom is 0.409 e. The average molecular weight is 328 g/mol. The number of aromatic nitrogens is 2. The number of carbonyl (C=O) groups excluding carboxylic acids is 2. The Morgan fingerprint density at radius 3 is 2.75 bits per heavy atom. The van der Waals surface area contributed by atoms with E-state index in [1.165, 1.54) is 0 Å². The molecule has 1 aliphatic heterocycles. The second-order valence-electron chi connectivity index (χ2n) is 5.66. The van der Waals surface area contributed by atoms with E-state index in [2.05, 4.69) is 15.3 Å². The van der Waals surface area contributed by atoms with Crippen LogP contribution in [0.5, 0.6) is 0 Å². The van der Waals surface area contributed by atoms with E-state index < -0.39 is 0 Å². The van der Waals surface area contributed by atoms with Crippen molar-refractivity contribution in [3.05, 3.63) is 36.2 Å². The topological polar surface area (TPSA) is 84.4 Å². The van der Waals surface area contributed by atoms with Gasteiger partial charge < -0.3 is 15.0 Å². The summed E-state index contributed by atoms with van der Waals surface area (Å²) >= 11 is 0. The molecule has 1 aromatic heterocycles. The van der Waals surface area contributed by atoms with Crippen molar-refractivity contribution in [1.29, 1.82) is 0 Å². The third-order valence-electron chi connectivity index (χ3n) is 4.10. The predicted octanol–water partition coefficient (Wildman–Crippen LogP) is 1.98. The number of nitrogens with zero attached hydrogens (tertiary/aromatic N) is 3. The van der Waals surface area contributed by atoms with Gasteiger partial charge in [-0.3, -0.25) is 14.8 Å². The predicted molar refractivity (Wildman–Crippen MR) is 88.6 cm³/mol. The molecule has 0 saturated carbocycles. The van der Waals surface area contributed by atoms with Crippen LogP contribution in [0.1, 0.15) is 30.1 Å². The average Bonchev–Trinajstić information content (AvgIpc) is 2.62. The number of nitrogens with one attached hydrogen (secondary N) is 1. The van der Waals surface area contributed by atoms with Crippen molar-refractivity contribution in [3.8, 4) is 0 Å². The van der Waals surface area contributed by atoms with Crippen LogP contribution in [0, 0.1) is 0 Å². The molecule has 7 nitrogen and oxygen atoms in total. The molecule has 0 bridgehead atoms. The molecule has 1 aliphatic rings. The summed E-state index contributed by atoms with van der Waals surface area (Å²) in [4.78, 5) is 34.4. The van der Waals surface area contributed by atoms with Gasteiger partial charge in [0, 0.05) is 31.5 Å². The number of fused-ring (bicyclic) bond motifs is 1. The van der Waals surface area contributed by atoms with Crippen molar-refractivity contribution in [2.45, 2.75) is 25.8 Å². The highest BCUT2D eigenvalue weighted by atomic mass is 16.6.